The number of piperidine rings is 1. The molecule has 0 aromatic heterocycles. The molecule has 1 N–H and O–H groups in total. The highest BCUT2D eigenvalue weighted by Crippen LogP contribution is 2.32. The van der Waals surface area contributed by atoms with Crippen LogP contribution in [0.15, 0.2) is 18.2 Å². The zero-order valence-electron chi connectivity index (χ0n) is 11.6. The highest BCUT2D eigenvalue weighted by atomic mass is 19.1. The summed E-state index contributed by atoms with van der Waals surface area (Å²) in [6.45, 7) is 4.00. The molecule has 1 aromatic rings. The van der Waals surface area contributed by atoms with E-state index in [9.17, 15) is 9.50 Å². The molecule has 1 fully saturated rings. The van der Waals surface area contributed by atoms with Gasteiger partial charge in [-0.3, -0.25) is 0 Å². The predicted molar refractivity (Wildman–Crippen MR) is 73.8 cm³/mol. The molecule has 1 saturated heterocycles. The van der Waals surface area contributed by atoms with Gasteiger partial charge in [-0.05, 0) is 31.7 Å². The Kier molecular flexibility index (Phi) is 4.77. The van der Waals surface area contributed by atoms with Gasteiger partial charge in [-0.25, -0.2) is 4.39 Å². The summed E-state index contributed by atoms with van der Waals surface area (Å²) in [5.41, 5.74) is 1.22. The average molecular weight is 267 g/mol. The molecule has 1 aliphatic rings. The predicted octanol–water partition coefficient (Wildman–Crippen LogP) is 2.74. The minimum Gasteiger partial charge on any atom is -0.389 e. The van der Waals surface area contributed by atoms with E-state index in [2.05, 4.69) is 0 Å². The van der Waals surface area contributed by atoms with Crippen LogP contribution in [0.3, 0.4) is 0 Å². The van der Waals surface area contributed by atoms with Gasteiger partial charge in [0.25, 0.3) is 0 Å². The monoisotopic (exact) mass is 267 g/mol. The van der Waals surface area contributed by atoms with Crippen molar-refractivity contribution in [3.63, 3.8) is 0 Å². The van der Waals surface area contributed by atoms with E-state index in [0.29, 0.717) is 23.8 Å². The maximum atomic E-state index is 14.1. The van der Waals surface area contributed by atoms with Crippen LogP contribution in [0.1, 0.15) is 31.4 Å². The van der Waals surface area contributed by atoms with Crippen LogP contribution in [-0.2, 0) is 4.74 Å². The largest absolute Gasteiger partial charge is 0.389 e. The number of rotatable bonds is 4. The van der Waals surface area contributed by atoms with Crippen LogP contribution in [0, 0.1) is 11.7 Å². The van der Waals surface area contributed by atoms with Crippen LogP contribution < -0.4 is 4.90 Å². The third-order valence-electron chi connectivity index (χ3n) is 3.71. The first-order chi connectivity index (χ1) is 9.13. The lowest BCUT2D eigenvalue weighted by Gasteiger charge is -2.35. The number of aliphatic hydroxyl groups excluding tert-OH is 1. The molecule has 0 amide bonds. The fourth-order valence-corrected chi connectivity index (χ4v) is 2.84. The van der Waals surface area contributed by atoms with Crippen molar-refractivity contribution in [3.8, 4) is 0 Å². The number of nitrogens with zero attached hydrogens (tertiary/aromatic N) is 1. The first-order valence-electron chi connectivity index (χ1n) is 6.83. The molecule has 0 saturated carbocycles. The number of para-hydroxylation sites is 1. The summed E-state index contributed by atoms with van der Waals surface area (Å²) in [5, 5.41) is 9.81. The fourth-order valence-electron chi connectivity index (χ4n) is 2.84. The van der Waals surface area contributed by atoms with Crippen molar-refractivity contribution in [2.24, 2.45) is 5.92 Å². The van der Waals surface area contributed by atoms with E-state index >= 15 is 0 Å². The third-order valence-corrected chi connectivity index (χ3v) is 3.71. The van der Waals surface area contributed by atoms with Gasteiger partial charge < -0.3 is 14.7 Å². The number of methoxy groups -OCH3 is 1. The Morgan fingerprint density at radius 1 is 1.53 bits per heavy atom. The molecule has 0 bridgehead atoms. The van der Waals surface area contributed by atoms with Gasteiger partial charge in [0.2, 0.25) is 0 Å². The van der Waals surface area contributed by atoms with E-state index in [1.807, 2.05) is 4.90 Å². The van der Waals surface area contributed by atoms with Gasteiger partial charge in [0.15, 0.2) is 0 Å². The quantitative estimate of drug-likeness (QED) is 0.910. The summed E-state index contributed by atoms with van der Waals surface area (Å²) in [4.78, 5) is 2.05. The lowest BCUT2D eigenvalue weighted by molar-refractivity contribution is 0.142. The molecule has 2 rings (SSSR count). The average Bonchev–Trinajstić information content (AvgIpc) is 2.39. The zero-order chi connectivity index (χ0) is 13.8. The molecule has 4 heteroatoms. The molecule has 3 nitrogen and oxygen atoms in total. The van der Waals surface area contributed by atoms with Gasteiger partial charge >= 0.3 is 0 Å². The molecular formula is C15H22FNO2. The van der Waals surface area contributed by atoms with Crippen LogP contribution in [0.4, 0.5) is 10.1 Å². The number of hydrogen-bond acceptors (Lipinski definition) is 3. The second-order valence-corrected chi connectivity index (χ2v) is 5.26. The molecule has 0 aliphatic carbocycles. The summed E-state index contributed by atoms with van der Waals surface area (Å²) in [5.74, 6) is 0.177. The van der Waals surface area contributed by atoms with Gasteiger partial charge in [-0.2, -0.15) is 0 Å². The maximum absolute atomic E-state index is 14.1. The Morgan fingerprint density at radius 3 is 3.00 bits per heavy atom. The van der Waals surface area contributed by atoms with E-state index in [4.69, 9.17) is 4.74 Å². The number of halogens is 1. The van der Waals surface area contributed by atoms with E-state index in [-0.39, 0.29) is 5.82 Å². The van der Waals surface area contributed by atoms with Crippen molar-refractivity contribution in [1.29, 1.82) is 0 Å². The van der Waals surface area contributed by atoms with Crippen LogP contribution >= 0.6 is 0 Å². The SMILES string of the molecule is COCC1CCCN(c2c(F)cccc2[C@@H](C)O)C1. The first-order valence-corrected chi connectivity index (χ1v) is 6.83. The fraction of sp³-hybridized carbons (Fsp3) is 0.600. The molecule has 1 heterocycles. The summed E-state index contributed by atoms with van der Waals surface area (Å²) in [6, 6.07) is 4.90. The number of anilines is 1. The van der Waals surface area contributed by atoms with Crippen molar-refractivity contribution in [2.45, 2.75) is 25.9 Å². The van der Waals surface area contributed by atoms with Crippen LogP contribution in [0.25, 0.3) is 0 Å². The van der Waals surface area contributed by atoms with Gasteiger partial charge in [-0.15, -0.1) is 0 Å². The standard InChI is InChI=1S/C15H22FNO2/c1-11(18)13-6-3-7-14(16)15(13)17-8-4-5-12(9-17)10-19-2/h3,6-7,11-12,18H,4-5,8-10H2,1-2H3/t11-,12?/m1/s1. The van der Waals surface area contributed by atoms with E-state index in [1.165, 1.54) is 6.07 Å². The van der Waals surface area contributed by atoms with Gasteiger partial charge in [0.1, 0.15) is 5.82 Å². The van der Waals surface area contributed by atoms with Crippen LogP contribution in [0.5, 0.6) is 0 Å². The van der Waals surface area contributed by atoms with Crippen molar-refractivity contribution in [1.82, 2.24) is 0 Å². The van der Waals surface area contributed by atoms with Crippen molar-refractivity contribution < 1.29 is 14.2 Å². The number of benzene rings is 1. The van der Waals surface area contributed by atoms with Crippen molar-refractivity contribution in [2.75, 3.05) is 31.7 Å². The summed E-state index contributed by atoms with van der Waals surface area (Å²) in [7, 11) is 1.70. The summed E-state index contributed by atoms with van der Waals surface area (Å²) < 4.78 is 19.3. The maximum Gasteiger partial charge on any atom is 0.146 e. The minimum atomic E-state index is -0.659. The first kappa shape index (κ1) is 14.3. The minimum absolute atomic E-state index is 0.253. The Morgan fingerprint density at radius 2 is 2.32 bits per heavy atom. The molecule has 19 heavy (non-hydrogen) atoms. The highest BCUT2D eigenvalue weighted by molar-refractivity contribution is 5.56. The van der Waals surface area contributed by atoms with E-state index < -0.39 is 6.10 Å². The smallest absolute Gasteiger partial charge is 0.146 e. The van der Waals surface area contributed by atoms with Gasteiger partial charge in [0.05, 0.1) is 18.4 Å². The van der Waals surface area contributed by atoms with E-state index in [1.54, 1.807) is 26.2 Å². The topological polar surface area (TPSA) is 32.7 Å². The van der Waals surface area contributed by atoms with Gasteiger partial charge in [0, 0.05) is 25.8 Å². The highest BCUT2D eigenvalue weighted by Gasteiger charge is 2.25. The molecule has 1 unspecified atom stereocenters. The zero-order valence-corrected chi connectivity index (χ0v) is 11.6. The summed E-state index contributed by atoms with van der Waals surface area (Å²) >= 11 is 0. The van der Waals surface area contributed by atoms with Crippen LogP contribution in [0.2, 0.25) is 0 Å². The Hall–Kier alpha value is -1.13. The van der Waals surface area contributed by atoms with Crippen molar-refractivity contribution in [3.05, 3.63) is 29.6 Å². The lowest BCUT2D eigenvalue weighted by atomic mass is 9.96. The second kappa shape index (κ2) is 6.35. The normalized spacial score (nSPS) is 21.5. The third kappa shape index (κ3) is 3.25. The van der Waals surface area contributed by atoms with Crippen LogP contribution in [-0.4, -0.2) is 31.9 Å². The molecule has 0 spiro atoms. The lowest BCUT2D eigenvalue weighted by Crippen LogP contribution is -2.38. The molecule has 2 atom stereocenters. The Labute approximate surface area is 114 Å². The van der Waals surface area contributed by atoms with Gasteiger partial charge in [-0.1, -0.05) is 12.1 Å². The molecular weight excluding hydrogens is 245 g/mol. The Bertz CT molecular complexity index is 421. The number of aliphatic hydroxyl groups is 1. The molecule has 1 aliphatic heterocycles. The Balaban J connectivity index is 2.25. The molecule has 1 aromatic carbocycles. The number of ether oxygens (including phenoxy) is 1. The van der Waals surface area contributed by atoms with E-state index in [0.717, 1.165) is 25.9 Å². The number of hydrogen-bond donors (Lipinski definition) is 1. The van der Waals surface area contributed by atoms with Crippen molar-refractivity contribution >= 4 is 5.69 Å². The second-order valence-electron chi connectivity index (χ2n) is 5.26. The molecule has 0 radical (unpaired) electrons. The summed E-state index contributed by atoms with van der Waals surface area (Å²) in [6.07, 6.45) is 1.48. The molecule has 106 valence electrons.